The molecule has 0 aromatic carbocycles. The predicted octanol–water partition coefficient (Wildman–Crippen LogP) is 8.16. The van der Waals surface area contributed by atoms with Gasteiger partial charge < -0.3 is 9.47 Å². The molecule has 0 saturated heterocycles. The topological polar surface area (TPSA) is 18.5 Å². The van der Waals surface area contributed by atoms with Gasteiger partial charge in [-0.15, -0.1) is 13.2 Å². The van der Waals surface area contributed by atoms with E-state index in [2.05, 4.69) is 13.2 Å². The Balaban J connectivity index is 1.82. The summed E-state index contributed by atoms with van der Waals surface area (Å²) in [6.07, 6.45) is 28.0. The van der Waals surface area contributed by atoms with Gasteiger partial charge in [0, 0.05) is 13.2 Å². The van der Waals surface area contributed by atoms with E-state index in [1.165, 1.54) is 116 Å². The van der Waals surface area contributed by atoms with Gasteiger partial charge >= 0.3 is 0 Å². The molecule has 0 spiro atoms. The van der Waals surface area contributed by atoms with Crippen molar-refractivity contribution >= 4 is 0 Å². The Hall–Kier alpha value is -0.600. The third-order valence-electron chi connectivity index (χ3n) is 5.93. The van der Waals surface area contributed by atoms with E-state index in [1.807, 2.05) is 12.2 Å². The highest BCUT2D eigenvalue weighted by Crippen LogP contribution is 2.24. The molecule has 164 valence electrons. The van der Waals surface area contributed by atoms with E-state index >= 15 is 0 Å². The van der Waals surface area contributed by atoms with Crippen LogP contribution < -0.4 is 0 Å². The largest absolute Gasteiger partial charge is 0.378 e. The quantitative estimate of drug-likeness (QED) is 0.154. The SMILES string of the molecule is C=CCCCCCCCCOC1CCC(OCCCCCCCCC=C)CC1. The summed E-state index contributed by atoms with van der Waals surface area (Å²) in [5.41, 5.74) is 0. The minimum absolute atomic E-state index is 0.489. The van der Waals surface area contributed by atoms with Crippen molar-refractivity contribution in [2.24, 2.45) is 0 Å². The first kappa shape index (κ1) is 25.4. The molecule has 0 bridgehead atoms. The molecule has 1 aliphatic rings. The molecule has 0 radical (unpaired) electrons. The minimum atomic E-state index is 0.489. The Morgan fingerprint density at radius 2 is 0.821 bits per heavy atom. The van der Waals surface area contributed by atoms with Crippen LogP contribution in [0.25, 0.3) is 0 Å². The number of hydrogen-bond acceptors (Lipinski definition) is 2. The van der Waals surface area contributed by atoms with E-state index in [1.54, 1.807) is 0 Å². The van der Waals surface area contributed by atoms with Gasteiger partial charge in [-0.1, -0.05) is 63.5 Å². The van der Waals surface area contributed by atoms with Crippen LogP contribution in [-0.4, -0.2) is 25.4 Å². The number of allylic oxidation sites excluding steroid dienone is 2. The van der Waals surface area contributed by atoms with Gasteiger partial charge in [0.15, 0.2) is 0 Å². The smallest absolute Gasteiger partial charge is 0.0577 e. The molecule has 28 heavy (non-hydrogen) atoms. The molecule has 1 rings (SSSR count). The Kier molecular flexibility index (Phi) is 17.9. The third-order valence-corrected chi connectivity index (χ3v) is 5.93. The summed E-state index contributed by atoms with van der Waals surface area (Å²) in [7, 11) is 0. The minimum Gasteiger partial charge on any atom is -0.378 e. The molecule has 0 aliphatic heterocycles. The first-order valence-electron chi connectivity index (χ1n) is 12.3. The van der Waals surface area contributed by atoms with Gasteiger partial charge in [-0.2, -0.15) is 0 Å². The van der Waals surface area contributed by atoms with Crippen LogP contribution >= 0.6 is 0 Å². The molecular weight excluding hydrogens is 344 g/mol. The van der Waals surface area contributed by atoms with Crippen LogP contribution in [0.2, 0.25) is 0 Å². The third kappa shape index (κ3) is 15.3. The maximum Gasteiger partial charge on any atom is 0.0577 e. The second kappa shape index (κ2) is 19.7. The Morgan fingerprint density at radius 1 is 0.500 bits per heavy atom. The maximum absolute atomic E-state index is 6.10. The summed E-state index contributed by atoms with van der Waals surface area (Å²) in [5.74, 6) is 0. The van der Waals surface area contributed by atoms with Gasteiger partial charge in [-0.3, -0.25) is 0 Å². The number of rotatable bonds is 20. The van der Waals surface area contributed by atoms with Gasteiger partial charge in [-0.25, -0.2) is 0 Å². The lowest BCUT2D eigenvalue weighted by atomic mass is 9.95. The van der Waals surface area contributed by atoms with Gasteiger partial charge in [0.1, 0.15) is 0 Å². The molecule has 1 saturated carbocycles. The lowest BCUT2D eigenvalue weighted by Crippen LogP contribution is -2.27. The molecule has 2 nitrogen and oxygen atoms in total. The van der Waals surface area contributed by atoms with Crippen molar-refractivity contribution < 1.29 is 9.47 Å². The fourth-order valence-electron chi connectivity index (χ4n) is 4.06. The first-order chi connectivity index (χ1) is 13.9. The van der Waals surface area contributed by atoms with E-state index in [9.17, 15) is 0 Å². The van der Waals surface area contributed by atoms with Crippen molar-refractivity contribution in [3.63, 3.8) is 0 Å². The van der Waals surface area contributed by atoms with Crippen LogP contribution in [0.4, 0.5) is 0 Å². The molecule has 0 aromatic heterocycles. The van der Waals surface area contributed by atoms with Crippen LogP contribution in [0.5, 0.6) is 0 Å². The second-order valence-corrected chi connectivity index (χ2v) is 8.54. The van der Waals surface area contributed by atoms with E-state index in [0.29, 0.717) is 12.2 Å². The Bertz CT molecular complexity index is 310. The van der Waals surface area contributed by atoms with E-state index in [-0.39, 0.29) is 0 Å². The highest BCUT2D eigenvalue weighted by Gasteiger charge is 2.21. The zero-order chi connectivity index (χ0) is 20.1. The lowest BCUT2D eigenvalue weighted by Gasteiger charge is -2.28. The van der Waals surface area contributed by atoms with Crippen LogP contribution in [0.1, 0.15) is 116 Å². The average molecular weight is 393 g/mol. The fourth-order valence-corrected chi connectivity index (χ4v) is 4.06. The van der Waals surface area contributed by atoms with Crippen molar-refractivity contribution in [2.45, 2.75) is 128 Å². The van der Waals surface area contributed by atoms with Gasteiger partial charge in [0.2, 0.25) is 0 Å². The van der Waals surface area contributed by atoms with E-state index < -0.39 is 0 Å². The van der Waals surface area contributed by atoms with Gasteiger partial charge in [-0.05, 0) is 64.2 Å². The molecule has 2 heteroatoms. The molecule has 1 fully saturated rings. The van der Waals surface area contributed by atoms with Crippen LogP contribution in [0.15, 0.2) is 25.3 Å². The predicted molar refractivity (Wildman–Crippen MR) is 123 cm³/mol. The van der Waals surface area contributed by atoms with Gasteiger partial charge in [0.25, 0.3) is 0 Å². The Labute approximate surface area is 176 Å². The monoisotopic (exact) mass is 392 g/mol. The van der Waals surface area contributed by atoms with Gasteiger partial charge in [0.05, 0.1) is 12.2 Å². The molecule has 0 heterocycles. The zero-order valence-corrected chi connectivity index (χ0v) is 18.7. The van der Waals surface area contributed by atoms with E-state index in [0.717, 1.165) is 13.2 Å². The lowest BCUT2D eigenvalue weighted by molar-refractivity contribution is -0.0327. The van der Waals surface area contributed by atoms with Crippen molar-refractivity contribution in [3.8, 4) is 0 Å². The standard InChI is InChI=1S/C26H48O2/c1-3-5-7-9-11-13-15-17-23-27-25-19-21-26(22-20-25)28-24-18-16-14-12-10-8-6-4-2/h3-4,25-26H,1-2,5-24H2. The average Bonchev–Trinajstić information content (AvgIpc) is 2.72. The number of unbranched alkanes of at least 4 members (excludes halogenated alkanes) is 12. The van der Waals surface area contributed by atoms with Crippen molar-refractivity contribution in [3.05, 3.63) is 25.3 Å². The highest BCUT2D eigenvalue weighted by molar-refractivity contribution is 4.73. The molecule has 0 atom stereocenters. The summed E-state index contributed by atoms with van der Waals surface area (Å²) in [5, 5.41) is 0. The summed E-state index contributed by atoms with van der Waals surface area (Å²) >= 11 is 0. The summed E-state index contributed by atoms with van der Waals surface area (Å²) in [6.45, 7) is 9.46. The summed E-state index contributed by atoms with van der Waals surface area (Å²) < 4.78 is 12.2. The molecule has 1 aliphatic carbocycles. The summed E-state index contributed by atoms with van der Waals surface area (Å²) in [6, 6.07) is 0. The molecular formula is C26H48O2. The van der Waals surface area contributed by atoms with Crippen molar-refractivity contribution in [1.29, 1.82) is 0 Å². The van der Waals surface area contributed by atoms with Crippen molar-refractivity contribution in [1.82, 2.24) is 0 Å². The Morgan fingerprint density at radius 3 is 1.18 bits per heavy atom. The molecule has 0 N–H and O–H groups in total. The van der Waals surface area contributed by atoms with Crippen molar-refractivity contribution in [2.75, 3.05) is 13.2 Å². The fraction of sp³-hybridized carbons (Fsp3) is 0.846. The van der Waals surface area contributed by atoms with Crippen LogP contribution in [0.3, 0.4) is 0 Å². The normalized spacial score (nSPS) is 19.6. The summed E-state index contributed by atoms with van der Waals surface area (Å²) in [4.78, 5) is 0. The van der Waals surface area contributed by atoms with Crippen LogP contribution in [0, 0.1) is 0 Å². The number of hydrogen-bond donors (Lipinski definition) is 0. The first-order valence-corrected chi connectivity index (χ1v) is 12.3. The molecule has 0 amide bonds. The molecule has 0 aromatic rings. The van der Waals surface area contributed by atoms with E-state index in [4.69, 9.17) is 9.47 Å². The maximum atomic E-state index is 6.10. The second-order valence-electron chi connectivity index (χ2n) is 8.54. The molecule has 0 unspecified atom stereocenters. The number of ether oxygens (including phenoxy) is 2. The highest BCUT2D eigenvalue weighted by atomic mass is 16.5. The van der Waals surface area contributed by atoms with Crippen LogP contribution in [-0.2, 0) is 9.47 Å². The zero-order valence-electron chi connectivity index (χ0n) is 18.7.